The first-order chi connectivity index (χ1) is 18.1. The molecule has 0 aromatic heterocycles. The van der Waals surface area contributed by atoms with E-state index in [-0.39, 0.29) is 11.3 Å². The third kappa shape index (κ3) is 4.54. The number of hydrogen-bond acceptors (Lipinski definition) is 6. The second-order valence-corrected chi connectivity index (χ2v) is 11.4. The van der Waals surface area contributed by atoms with Gasteiger partial charge in [-0.25, -0.2) is 8.42 Å². The zero-order chi connectivity index (χ0) is 27.7. The van der Waals surface area contributed by atoms with Crippen LogP contribution in [-0.4, -0.2) is 44.9 Å². The lowest BCUT2D eigenvalue weighted by molar-refractivity contribution is -0.170. The number of benzene rings is 3. The van der Waals surface area contributed by atoms with Crippen LogP contribution < -0.4 is 0 Å². The van der Waals surface area contributed by atoms with Crippen molar-refractivity contribution in [1.82, 2.24) is 4.31 Å². The van der Waals surface area contributed by atoms with Gasteiger partial charge in [-0.05, 0) is 49.1 Å². The van der Waals surface area contributed by atoms with Gasteiger partial charge in [-0.15, -0.1) is 0 Å². The summed E-state index contributed by atoms with van der Waals surface area (Å²) in [4.78, 5) is 27.1. The molecule has 7 nitrogen and oxygen atoms in total. The van der Waals surface area contributed by atoms with E-state index in [1.165, 1.54) is 30.7 Å². The van der Waals surface area contributed by atoms with Gasteiger partial charge in [0, 0.05) is 0 Å². The maximum atomic E-state index is 14.4. The van der Waals surface area contributed by atoms with Gasteiger partial charge in [0.05, 0.1) is 31.2 Å². The summed E-state index contributed by atoms with van der Waals surface area (Å²) in [7, 11) is -1.91. The fourth-order valence-corrected chi connectivity index (χ4v) is 7.02. The first-order valence-corrected chi connectivity index (χ1v) is 13.6. The smallest absolute Gasteiger partial charge is 0.325 e. The molecule has 0 unspecified atom stereocenters. The molecule has 8 heteroatoms. The maximum Gasteiger partial charge on any atom is 0.325 e. The highest BCUT2D eigenvalue weighted by Crippen LogP contribution is 2.56. The van der Waals surface area contributed by atoms with E-state index < -0.39 is 39.5 Å². The normalized spacial score (nSPS) is 19.1. The van der Waals surface area contributed by atoms with Crippen molar-refractivity contribution < 1.29 is 27.5 Å². The molecule has 3 aromatic carbocycles. The first-order valence-electron chi connectivity index (χ1n) is 12.2. The van der Waals surface area contributed by atoms with Crippen LogP contribution in [0.15, 0.2) is 90.3 Å². The minimum atomic E-state index is -4.26. The second-order valence-electron chi connectivity index (χ2n) is 9.53. The number of methoxy groups -OCH3 is 2. The molecule has 4 rings (SSSR count). The third-order valence-corrected chi connectivity index (χ3v) is 9.07. The highest BCUT2D eigenvalue weighted by atomic mass is 32.2. The van der Waals surface area contributed by atoms with E-state index in [0.717, 1.165) is 11.1 Å². The molecule has 3 aromatic rings. The maximum absolute atomic E-state index is 14.4. The molecule has 2 atom stereocenters. The minimum Gasteiger partial charge on any atom is -0.468 e. The van der Waals surface area contributed by atoms with Gasteiger partial charge in [0.25, 0.3) is 0 Å². The Hall–Kier alpha value is -3.75. The monoisotopic (exact) mass is 533 g/mol. The summed E-state index contributed by atoms with van der Waals surface area (Å²) in [5, 5.41) is 0. The molecule has 0 amide bonds. The van der Waals surface area contributed by atoms with E-state index in [1.807, 2.05) is 38.1 Å². The Morgan fingerprint density at radius 1 is 0.842 bits per heavy atom. The Morgan fingerprint density at radius 3 is 1.84 bits per heavy atom. The summed E-state index contributed by atoms with van der Waals surface area (Å²) in [6.07, 6.45) is -0.205. The van der Waals surface area contributed by atoms with Crippen molar-refractivity contribution in [2.24, 2.45) is 5.41 Å². The van der Waals surface area contributed by atoms with Crippen LogP contribution >= 0.6 is 0 Å². The van der Waals surface area contributed by atoms with E-state index in [0.29, 0.717) is 16.7 Å². The molecule has 198 valence electrons. The SMILES string of the molecule is C=C(c1ccc(C)cc1)[C@H]1CC(C(=O)OC)(C(=O)OC)[C@@H](c2ccccc2)N1S(=O)(=O)c1ccc(C)cc1. The molecule has 0 bridgehead atoms. The highest BCUT2D eigenvalue weighted by Gasteiger charge is 2.67. The molecule has 0 radical (unpaired) electrons. The lowest BCUT2D eigenvalue weighted by Gasteiger charge is -2.34. The number of carbonyl (C=O) groups excluding carboxylic acids is 2. The fraction of sp³-hybridized carbons (Fsp3) is 0.267. The molecular weight excluding hydrogens is 502 g/mol. The van der Waals surface area contributed by atoms with E-state index in [2.05, 4.69) is 6.58 Å². The van der Waals surface area contributed by atoms with Crippen LogP contribution in [-0.2, 0) is 29.1 Å². The molecule has 0 aliphatic carbocycles. The van der Waals surface area contributed by atoms with E-state index >= 15 is 0 Å². The molecule has 1 fully saturated rings. The molecule has 1 aliphatic rings. The lowest BCUT2D eigenvalue weighted by atomic mass is 9.75. The van der Waals surface area contributed by atoms with Crippen molar-refractivity contribution in [2.45, 2.75) is 37.2 Å². The van der Waals surface area contributed by atoms with E-state index in [4.69, 9.17) is 9.47 Å². The number of rotatable bonds is 7. The highest BCUT2D eigenvalue weighted by molar-refractivity contribution is 7.89. The zero-order valence-corrected chi connectivity index (χ0v) is 22.7. The fourth-order valence-electron chi connectivity index (χ4n) is 5.18. The van der Waals surface area contributed by atoms with Crippen LogP contribution in [0.5, 0.6) is 0 Å². The number of nitrogens with zero attached hydrogens (tertiary/aromatic N) is 1. The molecule has 1 saturated heterocycles. The summed E-state index contributed by atoms with van der Waals surface area (Å²) in [5.74, 6) is -1.75. The number of carbonyl (C=O) groups is 2. The summed E-state index contributed by atoms with van der Waals surface area (Å²) in [6.45, 7) is 8.07. The number of hydrogen-bond donors (Lipinski definition) is 0. The van der Waals surface area contributed by atoms with Crippen LogP contribution in [0.1, 0.15) is 34.7 Å². The van der Waals surface area contributed by atoms with Crippen LogP contribution in [0.25, 0.3) is 5.57 Å². The summed E-state index contributed by atoms with van der Waals surface area (Å²) < 4.78 is 40.4. The Bertz CT molecular complexity index is 1430. The van der Waals surface area contributed by atoms with Crippen molar-refractivity contribution in [3.63, 3.8) is 0 Å². The second kappa shape index (κ2) is 10.6. The molecular formula is C30H31NO6S. The zero-order valence-electron chi connectivity index (χ0n) is 21.9. The predicted octanol–water partition coefficient (Wildman–Crippen LogP) is 4.85. The van der Waals surface area contributed by atoms with Gasteiger partial charge in [-0.2, -0.15) is 4.31 Å². The van der Waals surface area contributed by atoms with E-state index in [1.54, 1.807) is 42.5 Å². The van der Waals surface area contributed by atoms with Crippen LogP contribution in [0, 0.1) is 19.3 Å². The standard InChI is InChI=1S/C30H31NO6S/c1-20-11-15-23(16-12-20)22(3)26-19-30(28(32)36-4,29(33)37-5)27(24-9-7-6-8-10-24)31(26)38(34,35)25-17-13-21(2)14-18-25/h6-18,26-27H,3,19H2,1-2,4-5H3/t26-,27-/m1/s1. The van der Waals surface area contributed by atoms with Gasteiger partial charge in [0.2, 0.25) is 10.0 Å². The number of aryl methyl sites for hydroxylation is 2. The summed E-state index contributed by atoms with van der Waals surface area (Å²) in [6, 6.07) is 20.4. The Labute approximate surface area is 223 Å². The summed E-state index contributed by atoms with van der Waals surface area (Å²) >= 11 is 0. The largest absolute Gasteiger partial charge is 0.468 e. The Balaban J connectivity index is 2.04. The molecule has 0 N–H and O–H groups in total. The number of ether oxygens (including phenoxy) is 2. The number of esters is 2. The van der Waals surface area contributed by atoms with Gasteiger partial charge in [-0.1, -0.05) is 84.4 Å². The van der Waals surface area contributed by atoms with Crippen LogP contribution in [0.4, 0.5) is 0 Å². The van der Waals surface area contributed by atoms with Crippen LogP contribution in [0.2, 0.25) is 0 Å². The van der Waals surface area contributed by atoms with Gasteiger partial charge < -0.3 is 9.47 Å². The van der Waals surface area contributed by atoms with Crippen molar-refractivity contribution in [1.29, 1.82) is 0 Å². The van der Waals surface area contributed by atoms with Crippen molar-refractivity contribution in [3.8, 4) is 0 Å². The molecule has 38 heavy (non-hydrogen) atoms. The first kappa shape index (κ1) is 27.3. The number of sulfonamides is 1. The average Bonchev–Trinajstić information content (AvgIpc) is 3.31. The van der Waals surface area contributed by atoms with Gasteiger partial charge in [-0.3, -0.25) is 9.59 Å². The third-order valence-electron chi connectivity index (χ3n) is 7.18. The molecule has 0 spiro atoms. The molecule has 0 saturated carbocycles. The van der Waals surface area contributed by atoms with Crippen molar-refractivity contribution >= 4 is 27.5 Å². The Morgan fingerprint density at radius 2 is 1.34 bits per heavy atom. The van der Waals surface area contributed by atoms with Crippen molar-refractivity contribution in [3.05, 3.63) is 108 Å². The molecule has 1 heterocycles. The summed E-state index contributed by atoms with van der Waals surface area (Å²) in [5.41, 5.74) is 1.55. The van der Waals surface area contributed by atoms with Crippen molar-refractivity contribution in [2.75, 3.05) is 14.2 Å². The van der Waals surface area contributed by atoms with Crippen LogP contribution in [0.3, 0.4) is 0 Å². The van der Waals surface area contributed by atoms with Gasteiger partial charge in [0.15, 0.2) is 5.41 Å². The average molecular weight is 534 g/mol. The van der Waals surface area contributed by atoms with E-state index in [9.17, 15) is 18.0 Å². The molecule has 1 aliphatic heterocycles. The topological polar surface area (TPSA) is 90.0 Å². The Kier molecular flexibility index (Phi) is 7.58. The quantitative estimate of drug-likeness (QED) is 0.319. The predicted molar refractivity (Wildman–Crippen MR) is 144 cm³/mol. The van der Waals surface area contributed by atoms with Gasteiger partial charge in [0.1, 0.15) is 0 Å². The van der Waals surface area contributed by atoms with Gasteiger partial charge >= 0.3 is 11.9 Å². The minimum absolute atomic E-state index is 0.0382. The lowest BCUT2D eigenvalue weighted by Crippen LogP contribution is -2.47.